The Bertz CT molecular complexity index is 1410. The standard InChI is InChI=1S/C30H42N6O4.C2HF3O2/c31-28-24-9-8-22(17-23(24)10-11-33-28)19-35(20-27(37)34-13-15-40-16-14-34)26(18-21-5-2-1-3-6-21)30(39)36-12-4-7-25(36)29(32)38;3-2(4,5)1(6)7/h8-11,17,21,25-26H,1-7,12-16,18-20H2,(H2,31,33)(H2,32,38);(H,6,7)/t25-,26+;/m0./s1. The molecular weight excluding hydrogens is 621 g/mol. The van der Waals surface area contributed by atoms with E-state index in [1.807, 2.05) is 28.0 Å². The molecule has 3 fully saturated rings. The zero-order chi connectivity index (χ0) is 34.1. The first-order chi connectivity index (χ1) is 22.3. The predicted octanol–water partition coefficient (Wildman–Crippen LogP) is 2.93. The van der Waals surface area contributed by atoms with Gasteiger partial charge in [-0.25, -0.2) is 9.78 Å². The number of nitrogens with zero attached hydrogens (tertiary/aromatic N) is 4. The van der Waals surface area contributed by atoms with E-state index in [9.17, 15) is 27.6 Å². The van der Waals surface area contributed by atoms with Crippen LogP contribution in [-0.4, -0.2) is 106 Å². The monoisotopic (exact) mass is 664 g/mol. The van der Waals surface area contributed by atoms with Crippen LogP contribution in [0.25, 0.3) is 10.8 Å². The Balaban J connectivity index is 0.000000644. The second kappa shape index (κ2) is 16.2. The first kappa shape index (κ1) is 35.9. The number of carbonyl (C=O) groups excluding carboxylic acids is 3. The van der Waals surface area contributed by atoms with E-state index in [0.717, 1.165) is 48.4 Å². The molecule has 3 heterocycles. The van der Waals surface area contributed by atoms with Crippen molar-refractivity contribution in [1.29, 1.82) is 0 Å². The normalized spacial score (nSPS) is 19.7. The van der Waals surface area contributed by atoms with Gasteiger partial charge >= 0.3 is 12.1 Å². The number of halogens is 3. The number of pyridine rings is 1. The average Bonchev–Trinajstić information content (AvgIpc) is 3.55. The Morgan fingerprint density at radius 1 is 1.02 bits per heavy atom. The summed E-state index contributed by atoms with van der Waals surface area (Å²) in [6.45, 7) is 3.19. The van der Waals surface area contributed by atoms with E-state index in [-0.39, 0.29) is 18.4 Å². The highest BCUT2D eigenvalue weighted by molar-refractivity contribution is 5.92. The summed E-state index contributed by atoms with van der Waals surface area (Å²) < 4.78 is 37.2. The number of likely N-dealkylation sites (tertiary alicyclic amines) is 1. The van der Waals surface area contributed by atoms with Gasteiger partial charge in [-0.15, -0.1) is 0 Å². The summed E-state index contributed by atoms with van der Waals surface area (Å²) in [6.07, 6.45) is 4.31. The smallest absolute Gasteiger partial charge is 0.475 e. The summed E-state index contributed by atoms with van der Waals surface area (Å²) in [6, 6.07) is 6.82. The quantitative estimate of drug-likeness (QED) is 0.365. The maximum atomic E-state index is 14.3. The molecule has 47 heavy (non-hydrogen) atoms. The second-order valence-electron chi connectivity index (χ2n) is 12.3. The number of rotatable bonds is 9. The molecule has 2 atom stereocenters. The molecule has 0 unspecified atom stereocenters. The molecule has 1 aromatic carbocycles. The van der Waals surface area contributed by atoms with Crippen molar-refractivity contribution in [2.24, 2.45) is 11.7 Å². The minimum absolute atomic E-state index is 0.00755. The minimum Gasteiger partial charge on any atom is -0.475 e. The van der Waals surface area contributed by atoms with Crippen molar-refractivity contribution in [2.75, 3.05) is 45.1 Å². The third kappa shape index (κ3) is 9.76. The molecule has 1 aliphatic carbocycles. The van der Waals surface area contributed by atoms with Crippen molar-refractivity contribution in [1.82, 2.24) is 19.7 Å². The third-order valence-electron chi connectivity index (χ3n) is 9.06. The van der Waals surface area contributed by atoms with Gasteiger partial charge in [-0.3, -0.25) is 19.3 Å². The number of hydrogen-bond donors (Lipinski definition) is 3. The molecule has 3 aliphatic rings. The summed E-state index contributed by atoms with van der Waals surface area (Å²) >= 11 is 0. The van der Waals surface area contributed by atoms with E-state index in [2.05, 4.69) is 11.1 Å². The number of hydrogen-bond acceptors (Lipinski definition) is 8. The number of benzene rings is 1. The van der Waals surface area contributed by atoms with Crippen LogP contribution in [-0.2, 0) is 30.5 Å². The largest absolute Gasteiger partial charge is 0.490 e. The van der Waals surface area contributed by atoms with Crippen molar-refractivity contribution in [2.45, 2.75) is 76.2 Å². The van der Waals surface area contributed by atoms with Gasteiger partial charge in [-0.05, 0) is 48.3 Å². The van der Waals surface area contributed by atoms with Crippen LogP contribution in [0, 0.1) is 5.92 Å². The highest BCUT2D eigenvalue weighted by atomic mass is 19.4. The number of fused-ring (bicyclic) bond motifs is 1. The number of carboxylic acids is 1. The average molecular weight is 665 g/mol. The van der Waals surface area contributed by atoms with Crippen LogP contribution in [0.15, 0.2) is 30.5 Å². The van der Waals surface area contributed by atoms with Crippen LogP contribution in [0.3, 0.4) is 0 Å². The summed E-state index contributed by atoms with van der Waals surface area (Å²) in [5.74, 6) is -2.43. The van der Waals surface area contributed by atoms with Crippen molar-refractivity contribution in [3.8, 4) is 0 Å². The van der Waals surface area contributed by atoms with E-state index in [1.54, 1.807) is 11.1 Å². The lowest BCUT2D eigenvalue weighted by molar-refractivity contribution is -0.192. The Kier molecular flexibility index (Phi) is 12.4. The number of nitrogens with two attached hydrogens (primary N) is 2. The lowest BCUT2D eigenvalue weighted by atomic mass is 9.84. The molecule has 1 saturated carbocycles. The van der Waals surface area contributed by atoms with Gasteiger partial charge < -0.3 is 31.1 Å². The Morgan fingerprint density at radius 2 is 1.70 bits per heavy atom. The number of aromatic nitrogens is 1. The zero-order valence-electron chi connectivity index (χ0n) is 26.3. The van der Waals surface area contributed by atoms with Gasteiger partial charge in [0.25, 0.3) is 0 Å². The molecule has 2 aromatic rings. The van der Waals surface area contributed by atoms with Crippen LogP contribution >= 0.6 is 0 Å². The van der Waals surface area contributed by atoms with Crippen LogP contribution in [0.1, 0.15) is 56.9 Å². The molecule has 2 aliphatic heterocycles. The molecule has 12 nitrogen and oxygen atoms in total. The summed E-state index contributed by atoms with van der Waals surface area (Å²) in [5, 5.41) is 8.96. The molecule has 5 rings (SSSR count). The predicted molar refractivity (Wildman–Crippen MR) is 167 cm³/mol. The lowest BCUT2D eigenvalue weighted by Crippen LogP contribution is -2.55. The number of amides is 3. The van der Waals surface area contributed by atoms with E-state index < -0.39 is 30.1 Å². The summed E-state index contributed by atoms with van der Waals surface area (Å²) in [4.78, 5) is 58.7. The first-order valence-electron chi connectivity index (χ1n) is 16.0. The number of aliphatic carboxylic acids is 1. The van der Waals surface area contributed by atoms with Crippen molar-refractivity contribution < 1.29 is 42.2 Å². The number of primary amides is 1. The number of morpholine rings is 1. The Labute approximate surface area is 271 Å². The fourth-order valence-electron chi connectivity index (χ4n) is 6.61. The van der Waals surface area contributed by atoms with Gasteiger partial charge in [0.2, 0.25) is 17.7 Å². The fourth-order valence-corrected chi connectivity index (χ4v) is 6.61. The number of alkyl halides is 3. The van der Waals surface area contributed by atoms with Gasteiger partial charge in [0.1, 0.15) is 11.9 Å². The molecule has 3 amide bonds. The van der Waals surface area contributed by atoms with Crippen LogP contribution in [0.2, 0.25) is 0 Å². The summed E-state index contributed by atoms with van der Waals surface area (Å²) in [7, 11) is 0. The molecule has 0 bridgehead atoms. The SMILES string of the molecule is NC(=O)[C@@H]1CCCN1C(=O)[C@@H](CC1CCCCC1)N(CC(=O)N1CCOCC1)Cc1ccc2c(N)nccc2c1.O=C(O)C(F)(F)F. The van der Waals surface area contributed by atoms with E-state index in [4.69, 9.17) is 26.1 Å². The number of ether oxygens (including phenoxy) is 1. The maximum Gasteiger partial charge on any atom is 0.490 e. The number of carboxylic acid groups (broad SMARTS) is 1. The molecule has 1 aromatic heterocycles. The summed E-state index contributed by atoms with van der Waals surface area (Å²) in [5.41, 5.74) is 12.8. The Hall–Kier alpha value is -3.98. The van der Waals surface area contributed by atoms with Crippen molar-refractivity contribution in [3.05, 3.63) is 36.0 Å². The van der Waals surface area contributed by atoms with Crippen molar-refractivity contribution in [3.63, 3.8) is 0 Å². The number of carbonyl (C=O) groups is 4. The molecule has 15 heteroatoms. The van der Waals surface area contributed by atoms with E-state index in [1.165, 1.54) is 6.42 Å². The molecule has 0 spiro atoms. The molecule has 0 radical (unpaired) electrons. The third-order valence-corrected chi connectivity index (χ3v) is 9.06. The van der Waals surface area contributed by atoms with E-state index >= 15 is 0 Å². The zero-order valence-corrected chi connectivity index (χ0v) is 26.3. The maximum absolute atomic E-state index is 14.3. The number of nitrogen functional groups attached to an aromatic ring is 1. The molecule has 5 N–H and O–H groups in total. The van der Waals surface area contributed by atoms with Crippen LogP contribution < -0.4 is 11.5 Å². The van der Waals surface area contributed by atoms with Crippen LogP contribution in [0.4, 0.5) is 19.0 Å². The highest BCUT2D eigenvalue weighted by Gasteiger charge is 2.40. The fraction of sp³-hybridized carbons (Fsp3) is 0.594. The second-order valence-corrected chi connectivity index (χ2v) is 12.3. The highest BCUT2D eigenvalue weighted by Crippen LogP contribution is 2.32. The van der Waals surface area contributed by atoms with Gasteiger partial charge in [0.05, 0.1) is 25.8 Å². The topological polar surface area (TPSA) is 172 Å². The van der Waals surface area contributed by atoms with E-state index in [0.29, 0.717) is 64.0 Å². The molecule has 2 saturated heterocycles. The minimum atomic E-state index is -5.08. The number of anilines is 1. The van der Waals surface area contributed by atoms with Gasteiger partial charge in [-0.2, -0.15) is 13.2 Å². The van der Waals surface area contributed by atoms with Gasteiger partial charge in [0, 0.05) is 37.8 Å². The van der Waals surface area contributed by atoms with Crippen molar-refractivity contribution >= 4 is 40.3 Å². The molecule has 258 valence electrons. The lowest BCUT2D eigenvalue weighted by Gasteiger charge is -2.38. The Morgan fingerprint density at radius 3 is 2.34 bits per heavy atom. The molecular formula is C32H43F3N6O6. The first-order valence-corrected chi connectivity index (χ1v) is 16.0. The van der Waals surface area contributed by atoms with Gasteiger partial charge in [0.15, 0.2) is 0 Å². The van der Waals surface area contributed by atoms with Gasteiger partial charge in [-0.1, -0.05) is 44.2 Å². The van der Waals surface area contributed by atoms with Crippen LogP contribution in [0.5, 0.6) is 0 Å².